The number of nitrogens with zero attached hydrogens (tertiary/aromatic N) is 4. The van der Waals surface area contributed by atoms with E-state index in [9.17, 15) is 4.79 Å². The van der Waals surface area contributed by atoms with Crippen molar-refractivity contribution in [2.45, 2.75) is 64.1 Å². The maximum absolute atomic E-state index is 13.8. The lowest BCUT2D eigenvalue weighted by Crippen LogP contribution is -2.60. The molecule has 1 aliphatic carbocycles. The molecule has 2 aromatic rings. The number of furan rings is 1. The second kappa shape index (κ2) is 9.42. The monoisotopic (exact) mass is 467 g/mol. The van der Waals surface area contributed by atoms with Crippen LogP contribution in [0.1, 0.15) is 56.4 Å². The molecular weight excluding hydrogens is 426 g/mol. The molecule has 1 unspecified atom stereocenters. The van der Waals surface area contributed by atoms with Gasteiger partial charge in [-0.2, -0.15) is 0 Å². The third kappa shape index (κ3) is 4.40. The Hall–Kier alpha value is -2.25. The Morgan fingerprint density at radius 2 is 1.91 bits per heavy atom. The Morgan fingerprint density at radius 3 is 2.65 bits per heavy atom. The molecule has 2 aliphatic heterocycles. The van der Waals surface area contributed by atoms with Gasteiger partial charge in [0.05, 0.1) is 23.9 Å². The first-order valence-corrected chi connectivity index (χ1v) is 13.1. The van der Waals surface area contributed by atoms with Gasteiger partial charge in [0.15, 0.2) is 5.58 Å². The lowest BCUT2D eigenvalue weighted by Gasteiger charge is -2.48. The molecule has 2 aromatic heterocycles. The smallest absolute Gasteiger partial charge is 0.271 e. The number of rotatable bonds is 7. The molecule has 1 atom stereocenters. The average Bonchev–Trinajstić information content (AvgIpc) is 3.41. The summed E-state index contributed by atoms with van der Waals surface area (Å²) in [6.45, 7) is 16.0. The standard InChI is InChI=1S/C27H41N5O2/c1-20-6-8-22(9-7-20)28-21(2)27(3)19-31-23-10-17-34-25(23)18-24(31)26(33)32(27)12-5-11-30-15-13-29(4)14-16-30/h10,17-18,20,22,28H,2,5-9,11-16,19H2,1,3-4H3. The quantitative estimate of drug-likeness (QED) is 0.672. The van der Waals surface area contributed by atoms with Gasteiger partial charge in [-0.1, -0.05) is 13.5 Å². The number of carbonyl (C=O) groups excluding carboxylic acids is 1. The highest BCUT2D eigenvalue weighted by Gasteiger charge is 2.45. The minimum Gasteiger partial charge on any atom is -0.463 e. The molecule has 2 fully saturated rings. The zero-order valence-corrected chi connectivity index (χ0v) is 21.2. The summed E-state index contributed by atoms with van der Waals surface area (Å²) in [6.07, 6.45) is 7.54. The molecule has 1 saturated carbocycles. The van der Waals surface area contributed by atoms with Crippen molar-refractivity contribution in [2.24, 2.45) is 5.92 Å². The van der Waals surface area contributed by atoms with Gasteiger partial charge in [0.25, 0.3) is 5.91 Å². The molecule has 0 spiro atoms. The molecule has 0 radical (unpaired) electrons. The van der Waals surface area contributed by atoms with Crippen LogP contribution in [0, 0.1) is 5.92 Å². The zero-order valence-electron chi connectivity index (χ0n) is 21.2. The van der Waals surface area contributed by atoms with Crippen molar-refractivity contribution >= 4 is 17.0 Å². The molecule has 1 saturated heterocycles. The predicted octanol–water partition coefficient (Wildman–Crippen LogP) is 3.77. The van der Waals surface area contributed by atoms with Crippen LogP contribution in [0.3, 0.4) is 0 Å². The Bertz CT molecular complexity index is 1030. The maximum atomic E-state index is 13.8. The highest BCUT2D eigenvalue weighted by molar-refractivity contribution is 5.99. The number of hydrogen-bond donors (Lipinski definition) is 1. The largest absolute Gasteiger partial charge is 0.463 e. The number of nitrogens with one attached hydrogen (secondary N) is 1. The fourth-order valence-corrected chi connectivity index (χ4v) is 6.02. The van der Waals surface area contributed by atoms with Crippen molar-refractivity contribution in [3.63, 3.8) is 0 Å². The van der Waals surface area contributed by atoms with E-state index in [-0.39, 0.29) is 5.91 Å². The molecule has 7 heteroatoms. The summed E-state index contributed by atoms with van der Waals surface area (Å²) in [6, 6.07) is 4.32. The van der Waals surface area contributed by atoms with E-state index in [1.807, 2.05) is 12.1 Å². The minimum absolute atomic E-state index is 0.0822. The van der Waals surface area contributed by atoms with Gasteiger partial charge in [-0.3, -0.25) is 4.79 Å². The van der Waals surface area contributed by atoms with Crippen LogP contribution in [0.2, 0.25) is 0 Å². The second-order valence-electron chi connectivity index (χ2n) is 11.1. The van der Waals surface area contributed by atoms with E-state index < -0.39 is 5.54 Å². The molecule has 0 aromatic carbocycles. The predicted molar refractivity (Wildman–Crippen MR) is 136 cm³/mol. The SMILES string of the molecule is C=C(NC1CCC(C)CC1)C1(C)Cn2c(cc3occc32)C(=O)N1CCCN1CCN(C)CC1. The van der Waals surface area contributed by atoms with Crippen LogP contribution in [-0.2, 0) is 6.54 Å². The highest BCUT2D eigenvalue weighted by Crippen LogP contribution is 2.36. The Kier molecular flexibility index (Phi) is 6.51. The molecule has 1 N–H and O–H groups in total. The van der Waals surface area contributed by atoms with E-state index in [2.05, 4.69) is 52.1 Å². The molecular formula is C27H41N5O2. The molecule has 5 rings (SSSR count). The number of amides is 1. The Balaban J connectivity index is 1.35. The van der Waals surface area contributed by atoms with Gasteiger partial charge in [0.2, 0.25) is 0 Å². The van der Waals surface area contributed by atoms with E-state index in [1.54, 1.807) is 6.26 Å². The van der Waals surface area contributed by atoms with Gasteiger partial charge in [-0.15, -0.1) is 0 Å². The fourth-order valence-electron chi connectivity index (χ4n) is 6.02. The van der Waals surface area contributed by atoms with E-state index in [0.717, 1.165) is 74.1 Å². The minimum atomic E-state index is -0.488. The molecule has 0 bridgehead atoms. The summed E-state index contributed by atoms with van der Waals surface area (Å²) in [5, 5.41) is 3.77. The number of fused-ring (bicyclic) bond motifs is 3. The molecule has 3 aliphatic rings. The van der Waals surface area contributed by atoms with Gasteiger partial charge in [0, 0.05) is 56.6 Å². The summed E-state index contributed by atoms with van der Waals surface area (Å²) in [4.78, 5) is 20.8. The van der Waals surface area contributed by atoms with E-state index in [4.69, 9.17) is 4.42 Å². The van der Waals surface area contributed by atoms with Gasteiger partial charge in [0.1, 0.15) is 5.69 Å². The molecule has 4 heterocycles. The zero-order chi connectivity index (χ0) is 23.9. The van der Waals surface area contributed by atoms with Crippen LogP contribution in [0.5, 0.6) is 0 Å². The second-order valence-corrected chi connectivity index (χ2v) is 11.1. The number of hydrogen-bond acceptors (Lipinski definition) is 5. The van der Waals surface area contributed by atoms with Crippen molar-refractivity contribution in [3.05, 3.63) is 36.4 Å². The number of likely N-dealkylation sites (N-methyl/N-ethyl adjacent to an activating group) is 1. The first-order valence-electron chi connectivity index (χ1n) is 13.1. The first-order chi connectivity index (χ1) is 16.3. The summed E-state index contributed by atoms with van der Waals surface area (Å²) < 4.78 is 7.78. The fraction of sp³-hybridized carbons (Fsp3) is 0.667. The first kappa shape index (κ1) is 23.5. The number of piperazine rings is 1. The Morgan fingerprint density at radius 1 is 1.18 bits per heavy atom. The van der Waals surface area contributed by atoms with E-state index >= 15 is 0 Å². The summed E-state index contributed by atoms with van der Waals surface area (Å²) in [5.41, 5.74) is 2.98. The number of carbonyl (C=O) groups is 1. The van der Waals surface area contributed by atoms with Crippen LogP contribution >= 0.6 is 0 Å². The summed E-state index contributed by atoms with van der Waals surface area (Å²) in [7, 11) is 2.19. The van der Waals surface area contributed by atoms with Crippen LogP contribution < -0.4 is 5.32 Å². The maximum Gasteiger partial charge on any atom is 0.271 e. The third-order valence-corrected chi connectivity index (χ3v) is 8.55. The normalized spacial score (nSPS) is 28.9. The van der Waals surface area contributed by atoms with Gasteiger partial charge in [-0.05, 0) is 58.5 Å². The van der Waals surface area contributed by atoms with Crippen molar-refractivity contribution in [1.82, 2.24) is 24.6 Å². The van der Waals surface area contributed by atoms with Gasteiger partial charge in [-0.25, -0.2) is 0 Å². The van der Waals surface area contributed by atoms with E-state index in [0.29, 0.717) is 12.6 Å². The van der Waals surface area contributed by atoms with Crippen LogP contribution in [0.4, 0.5) is 0 Å². The molecule has 1 amide bonds. The Labute approximate surface area is 203 Å². The van der Waals surface area contributed by atoms with Crippen molar-refractivity contribution in [3.8, 4) is 0 Å². The lowest BCUT2D eigenvalue weighted by atomic mass is 9.85. The highest BCUT2D eigenvalue weighted by atomic mass is 16.3. The molecule has 186 valence electrons. The number of aromatic nitrogens is 1. The third-order valence-electron chi connectivity index (χ3n) is 8.55. The summed E-state index contributed by atoms with van der Waals surface area (Å²) >= 11 is 0. The van der Waals surface area contributed by atoms with Gasteiger partial charge < -0.3 is 29.0 Å². The van der Waals surface area contributed by atoms with Crippen LogP contribution in [0.25, 0.3) is 11.1 Å². The van der Waals surface area contributed by atoms with Crippen LogP contribution in [0.15, 0.2) is 35.1 Å². The van der Waals surface area contributed by atoms with Crippen molar-refractivity contribution in [2.75, 3.05) is 46.3 Å². The van der Waals surface area contributed by atoms with Crippen molar-refractivity contribution < 1.29 is 9.21 Å². The van der Waals surface area contributed by atoms with Crippen LogP contribution in [-0.4, -0.2) is 83.1 Å². The van der Waals surface area contributed by atoms with Gasteiger partial charge >= 0.3 is 0 Å². The molecule has 34 heavy (non-hydrogen) atoms. The lowest BCUT2D eigenvalue weighted by molar-refractivity contribution is 0.0422. The molecule has 7 nitrogen and oxygen atoms in total. The summed E-state index contributed by atoms with van der Waals surface area (Å²) in [5.74, 6) is 0.889. The van der Waals surface area contributed by atoms with E-state index in [1.165, 1.54) is 25.7 Å². The topological polar surface area (TPSA) is 56.9 Å². The van der Waals surface area contributed by atoms with Crippen molar-refractivity contribution in [1.29, 1.82) is 0 Å². The average molecular weight is 468 g/mol.